The molecular formula is C29H33ClO4. The smallest absolute Gasteiger partial charge is 0.330 e. The molecule has 0 unspecified atom stereocenters. The number of ether oxygens (including phenoxy) is 2. The molecule has 4 aliphatic rings. The fourth-order valence-corrected chi connectivity index (χ4v) is 7.40. The maximum Gasteiger partial charge on any atom is 0.330 e. The normalized spacial score (nSPS) is 27.3. The highest BCUT2D eigenvalue weighted by atomic mass is 35.5. The van der Waals surface area contributed by atoms with Gasteiger partial charge in [-0.15, -0.1) is 0 Å². The Morgan fingerprint density at radius 3 is 2.35 bits per heavy atom. The predicted octanol–water partition coefficient (Wildman–Crippen LogP) is 7.16. The van der Waals surface area contributed by atoms with Crippen LogP contribution in [0.4, 0.5) is 0 Å². The Morgan fingerprint density at radius 2 is 1.74 bits per heavy atom. The summed E-state index contributed by atoms with van der Waals surface area (Å²) in [5.74, 6) is 3.04. The van der Waals surface area contributed by atoms with E-state index in [-0.39, 0.29) is 5.41 Å². The molecule has 4 aliphatic carbocycles. The lowest BCUT2D eigenvalue weighted by atomic mass is 9.48. The Balaban J connectivity index is 1.57. The first kappa shape index (κ1) is 23.3. The summed E-state index contributed by atoms with van der Waals surface area (Å²) < 4.78 is 11.1. The van der Waals surface area contributed by atoms with Crippen LogP contribution in [-0.2, 0) is 14.9 Å². The maximum absolute atomic E-state index is 11.9. The number of carbonyl (C=O) groups is 1. The van der Waals surface area contributed by atoms with E-state index in [1.165, 1.54) is 44.6 Å². The van der Waals surface area contributed by atoms with Crippen LogP contribution in [0.3, 0.4) is 0 Å². The molecule has 180 valence electrons. The molecule has 0 saturated heterocycles. The molecular weight excluding hydrogens is 448 g/mol. The topological polar surface area (TPSA) is 55.8 Å². The molecule has 0 aromatic heterocycles. The maximum atomic E-state index is 11.9. The van der Waals surface area contributed by atoms with Crippen molar-refractivity contribution < 1.29 is 19.4 Å². The van der Waals surface area contributed by atoms with Gasteiger partial charge in [0.2, 0.25) is 0 Å². The van der Waals surface area contributed by atoms with Crippen LogP contribution < -0.4 is 4.74 Å². The molecule has 0 spiro atoms. The summed E-state index contributed by atoms with van der Waals surface area (Å²) in [6.07, 6.45) is 10.7. The number of benzene rings is 2. The summed E-state index contributed by atoms with van der Waals surface area (Å²) in [5.41, 5.74) is 3.72. The Morgan fingerprint density at radius 1 is 1.06 bits per heavy atom. The molecule has 0 amide bonds. The third-order valence-electron chi connectivity index (χ3n) is 7.97. The van der Waals surface area contributed by atoms with Crippen LogP contribution in [0.15, 0.2) is 36.4 Å². The standard InChI is InChI=1S/C29H33ClO4/c1-3-33-27(32)8-6-22-12-23(30)14-24(28(22)34-4-2)21-5-7-26(31)25(13-21)29-15-18-9-19(16-29)11-20(10-18)17-29/h5-8,12-14,18-20,31H,3-4,9-11,15-17H2,1-2H3/b8-6+. The number of halogens is 1. The van der Waals surface area contributed by atoms with Gasteiger partial charge >= 0.3 is 5.97 Å². The lowest BCUT2D eigenvalue weighted by Gasteiger charge is -2.57. The minimum absolute atomic E-state index is 0.0752. The van der Waals surface area contributed by atoms with Crippen molar-refractivity contribution in [1.82, 2.24) is 0 Å². The summed E-state index contributed by atoms with van der Waals surface area (Å²) in [7, 11) is 0. The van der Waals surface area contributed by atoms with E-state index in [4.69, 9.17) is 21.1 Å². The predicted molar refractivity (Wildman–Crippen MR) is 135 cm³/mol. The number of phenolic OH excluding ortho intramolecular Hbond substituents is 1. The van der Waals surface area contributed by atoms with Gasteiger partial charge in [0.05, 0.1) is 13.2 Å². The highest BCUT2D eigenvalue weighted by Gasteiger charge is 2.52. The van der Waals surface area contributed by atoms with Gasteiger partial charge in [0.1, 0.15) is 11.5 Å². The summed E-state index contributed by atoms with van der Waals surface area (Å²) in [6.45, 7) is 4.52. The molecule has 0 heterocycles. The Bertz CT molecular complexity index is 1080. The second-order valence-corrected chi connectivity index (χ2v) is 10.8. The lowest BCUT2D eigenvalue weighted by Crippen LogP contribution is -2.48. The SMILES string of the molecule is CCOC(=O)/C=C/c1cc(Cl)cc(-c2ccc(O)c(C34CC5CC(CC(C5)C3)C4)c2)c1OCC. The number of hydrogen-bond donors (Lipinski definition) is 1. The summed E-state index contributed by atoms with van der Waals surface area (Å²) >= 11 is 6.52. The van der Waals surface area contributed by atoms with Gasteiger partial charge in [0.25, 0.3) is 0 Å². The minimum Gasteiger partial charge on any atom is -0.508 e. The van der Waals surface area contributed by atoms with E-state index in [1.807, 2.05) is 25.1 Å². The monoisotopic (exact) mass is 480 g/mol. The van der Waals surface area contributed by atoms with Crippen LogP contribution in [0.1, 0.15) is 63.5 Å². The number of phenols is 1. The molecule has 2 aromatic rings. The summed E-state index contributed by atoms with van der Waals surface area (Å²) in [4.78, 5) is 11.9. The fourth-order valence-electron chi connectivity index (χ4n) is 7.18. The second kappa shape index (κ2) is 9.30. The zero-order valence-electron chi connectivity index (χ0n) is 20.0. The first-order valence-corrected chi connectivity index (χ1v) is 12.9. The first-order valence-electron chi connectivity index (χ1n) is 12.6. The van der Waals surface area contributed by atoms with Gasteiger partial charge in [-0.05, 0) is 111 Å². The van der Waals surface area contributed by atoms with Gasteiger partial charge in [-0.1, -0.05) is 17.7 Å². The Labute approximate surface area is 206 Å². The third kappa shape index (κ3) is 4.33. The average molecular weight is 481 g/mol. The van der Waals surface area contributed by atoms with Crippen molar-refractivity contribution in [1.29, 1.82) is 0 Å². The quantitative estimate of drug-likeness (QED) is 0.337. The van der Waals surface area contributed by atoms with Crippen molar-refractivity contribution in [3.05, 3.63) is 52.6 Å². The van der Waals surface area contributed by atoms with Crippen LogP contribution >= 0.6 is 11.6 Å². The number of hydrogen-bond acceptors (Lipinski definition) is 4. The van der Waals surface area contributed by atoms with Gasteiger partial charge in [-0.25, -0.2) is 4.79 Å². The van der Waals surface area contributed by atoms with Crippen molar-refractivity contribution >= 4 is 23.6 Å². The average Bonchev–Trinajstić information content (AvgIpc) is 2.78. The van der Waals surface area contributed by atoms with E-state index in [0.717, 1.165) is 40.0 Å². The van der Waals surface area contributed by atoms with Crippen LogP contribution in [0, 0.1) is 17.8 Å². The van der Waals surface area contributed by atoms with E-state index >= 15 is 0 Å². The van der Waals surface area contributed by atoms with Gasteiger partial charge in [-0.2, -0.15) is 0 Å². The Kier molecular flexibility index (Phi) is 6.37. The van der Waals surface area contributed by atoms with Gasteiger partial charge < -0.3 is 14.6 Å². The molecule has 34 heavy (non-hydrogen) atoms. The molecule has 4 fully saturated rings. The van der Waals surface area contributed by atoms with Gasteiger partial charge in [0.15, 0.2) is 0 Å². The van der Waals surface area contributed by atoms with Crippen LogP contribution in [-0.4, -0.2) is 24.3 Å². The molecule has 6 rings (SSSR count). The minimum atomic E-state index is -0.403. The number of aromatic hydroxyl groups is 1. The van der Waals surface area contributed by atoms with Crippen LogP contribution in [0.25, 0.3) is 17.2 Å². The van der Waals surface area contributed by atoms with E-state index in [9.17, 15) is 9.90 Å². The van der Waals surface area contributed by atoms with E-state index in [2.05, 4.69) is 6.07 Å². The fraction of sp³-hybridized carbons (Fsp3) is 0.483. The van der Waals surface area contributed by atoms with Gasteiger partial charge in [0, 0.05) is 27.8 Å². The third-order valence-corrected chi connectivity index (χ3v) is 8.19. The second-order valence-electron chi connectivity index (χ2n) is 10.3. The van der Waals surface area contributed by atoms with Crippen molar-refractivity contribution in [2.24, 2.45) is 17.8 Å². The van der Waals surface area contributed by atoms with Crippen molar-refractivity contribution in [3.8, 4) is 22.6 Å². The van der Waals surface area contributed by atoms with Crippen molar-refractivity contribution in [2.75, 3.05) is 13.2 Å². The molecule has 4 nitrogen and oxygen atoms in total. The zero-order valence-corrected chi connectivity index (χ0v) is 20.7. The van der Waals surface area contributed by atoms with Crippen LogP contribution in [0.5, 0.6) is 11.5 Å². The Hall–Kier alpha value is -2.46. The van der Waals surface area contributed by atoms with E-state index in [0.29, 0.717) is 29.7 Å². The molecule has 4 saturated carbocycles. The summed E-state index contributed by atoms with van der Waals surface area (Å²) in [6, 6.07) is 9.63. The summed E-state index contributed by atoms with van der Waals surface area (Å²) in [5, 5.41) is 11.6. The highest BCUT2D eigenvalue weighted by Crippen LogP contribution is 2.62. The molecule has 4 bridgehead atoms. The number of rotatable bonds is 7. The highest BCUT2D eigenvalue weighted by molar-refractivity contribution is 6.31. The van der Waals surface area contributed by atoms with E-state index in [1.54, 1.807) is 19.1 Å². The molecule has 0 radical (unpaired) electrons. The number of carbonyl (C=O) groups excluding carboxylic acids is 1. The molecule has 0 aliphatic heterocycles. The van der Waals surface area contributed by atoms with Crippen molar-refractivity contribution in [2.45, 2.75) is 57.8 Å². The molecule has 5 heteroatoms. The van der Waals surface area contributed by atoms with Crippen molar-refractivity contribution in [3.63, 3.8) is 0 Å². The lowest BCUT2D eigenvalue weighted by molar-refractivity contribution is -0.137. The molecule has 0 atom stereocenters. The molecule has 2 aromatic carbocycles. The largest absolute Gasteiger partial charge is 0.508 e. The zero-order chi connectivity index (χ0) is 23.9. The first-order chi connectivity index (χ1) is 16.4. The number of esters is 1. The van der Waals surface area contributed by atoms with E-state index < -0.39 is 5.97 Å². The van der Waals surface area contributed by atoms with Crippen LogP contribution in [0.2, 0.25) is 5.02 Å². The molecule has 1 N–H and O–H groups in total. The van der Waals surface area contributed by atoms with Gasteiger partial charge in [-0.3, -0.25) is 0 Å².